The molecule has 0 bridgehead atoms. The van der Waals surface area contributed by atoms with Crippen molar-refractivity contribution >= 4 is 5.91 Å². The van der Waals surface area contributed by atoms with Gasteiger partial charge in [-0.05, 0) is 12.0 Å². The monoisotopic (exact) mass is 219 g/mol. The van der Waals surface area contributed by atoms with Gasteiger partial charge in [-0.3, -0.25) is 4.79 Å². The zero-order valence-corrected chi connectivity index (χ0v) is 9.49. The molecule has 1 rings (SSSR count). The Bertz CT molecular complexity index is 311. The molecule has 0 aliphatic heterocycles. The molecule has 0 aliphatic carbocycles. The second-order valence-electron chi connectivity index (χ2n) is 3.74. The number of amides is 1. The van der Waals surface area contributed by atoms with Crippen molar-refractivity contribution in [2.45, 2.75) is 25.3 Å². The van der Waals surface area contributed by atoms with Crippen LogP contribution in [-0.4, -0.2) is 12.5 Å². The molecule has 0 spiro atoms. The van der Waals surface area contributed by atoms with Gasteiger partial charge in [0, 0.05) is 6.54 Å². The van der Waals surface area contributed by atoms with Gasteiger partial charge in [0.15, 0.2) is 0 Å². The van der Waals surface area contributed by atoms with Crippen molar-refractivity contribution < 1.29 is 4.79 Å². The Labute approximate surface area is 97.0 Å². The molecule has 0 saturated carbocycles. The van der Waals surface area contributed by atoms with Crippen LogP contribution < -0.4 is 11.1 Å². The maximum absolute atomic E-state index is 11.7. The lowest BCUT2D eigenvalue weighted by molar-refractivity contribution is -0.122. The van der Waals surface area contributed by atoms with Crippen molar-refractivity contribution in [1.29, 1.82) is 0 Å². The molecule has 1 amide bonds. The smallest absolute Gasteiger partial charge is 0.241 e. The topological polar surface area (TPSA) is 55.1 Å². The third-order valence-corrected chi connectivity index (χ3v) is 2.42. The van der Waals surface area contributed by atoms with E-state index in [1.807, 2.05) is 30.3 Å². The lowest BCUT2D eigenvalue weighted by atomic mass is 10.1. The van der Waals surface area contributed by atoms with Crippen LogP contribution in [0.25, 0.3) is 0 Å². The second kappa shape index (κ2) is 7.01. The van der Waals surface area contributed by atoms with E-state index < -0.39 is 6.04 Å². The van der Waals surface area contributed by atoms with Gasteiger partial charge in [0.25, 0.3) is 0 Å². The molecule has 0 fully saturated rings. The van der Waals surface area contributed by atoms with Gasteiger partial charge >= 0.3 is 0 Å². The fraction of sp³-hybridized carbons (Fsp3) is 0.385. The highest BCUT2D eigenvalue weighted by Gasteiger charge is 2.13. The zero-order chi connectivity index (χ0) is 11.8. The third kappa shape index (κ3) is 4.03. The number of rotatable bonds is 6. The molecule has 3 heteroatoms. The predicted molar refractivity (Wildman–Crippen MR) is 65.6 cm³/mol. The number of unbranched alkanes of at least 4 members (excludes halogenated alkanes) is 2. The van der Waals surface area contributed by atoms with E-state index in [0.717, 1.165) is 24.8 Å². The molecule has 1 radical (unpaired) electrons. The molecular weight excluding hydrogens is 200 g/mol. The van der Waals surface area contributed by atoms with Gasteiger partial charge in [0.05, 0.1) is 0 Å². The molecule has 1 atom stereocenters. The molecule has 1 aromatic rings. The summed E-state index contributed by atoms with van der Waals surface area (Å²) < 4.78 is 0. The Morgan fingerprint density at radius 2 is 2.00 bits per heavy atom. The van der Waals surface area contributed by atoms with E-state index in [1.54, 1.807) is 0 Å². The number of carbonyl (C=O) groups is 1. The number of hydrogen-bond acceptors (Lipinski definition) is 2. The summed E-state index contributed by atoms with van der Waals surface area (Å²) in [5.74, 6) is -0.115. The van der Waals surface area contributed by atoms with E-state index >= 15 is 0 Å². The van der Waals surface area contributed by atoms with Gasteiger partial charge in [0.2, 0.25) is 5.91 Å². The highest BCUT2D eigenvalue weighted by Crippen LogP contribution is 2.09. The molecule has 3 N–H and O–H groups in total. The number of nitrogens with two attached hydrogens (primary N) is 1. The molecule has 0 heterocycles. The first-order chi connectivity index (χ1) is 7.75. The minimum atomic E-state index is -0.569. The number of benzene rings is 1. The zero-order valence-electron chi connectivity index (χ0n) is 9.49. The van der Waals surface area contributed by atoms with Gasteiger partial charge in [-0.2, -0.15) is 0 Å². The van der Waals surface area contributed by atoms with Crippen LogP contribution >= 0.6 is 0 Å². The molecule has 87 valence electrons. The molecule has 0 aromatic heterocycles. The fourth-order valence-electron chi connectivity index (χ4n) is 1.44. The van der Waals surface area contributed by atoms with E-state index in [9.17, 15) is 4.79 Å². The van der Waals surface area contributed by atoms with Crippen molar-refractivity contribution in [2.75, 3.05) is 6.54 Å². The highest BCUT2D eigenvalue weighted by atomic mass is 16.2. The molecule has 1 aromatic carbocycles. The van der Waals surface area contributed by atoms with Crippen LogP contribution in [-0.2, 0) is 4.79 Å². The first-order valence-corrected chi connectivity index (χ1v) is 5.63. The van der Waals surface area contributed by atoms with Crippen molar-refractivity contribution in [2.24, 2.45) is 5.73 Å². The van der Waals surface area contributed by atoms with Gasteiger partial charge in [-0.15, -0.1) is 0 Å². The van der Waals surface area contributed by atoms with E-state index in [-0.39, 0.29) is 5.91 Å². The summed E-state index contributed by atoms with van der Waals surface area (Å²) in [4.78, 5) is 11.7. The van der Waals surface area contributed by atoms with Crippen LogP contribution in [0.3, 0.4) is 0 Å². The standard InChI is InChI=1S/C13H19N2O/c1-2-3-7-10-15-13(16)12(14)11-8-5-4-6-9-11/h4-6,8-9,12H,1-3,7,10,14H2,(H,15,16). The summed E-state index contributed by atoms with van der Waals surface area (Å²) in [6.07, 6.45) is 2.89. The van der Waals surface area contributed by atoms with Gasteiger partial charge in [-0.25, -0.2) is 0 Å². The van der Waals surface area contributed by atoms with Crippen LogP contribution in [0, 0.1) is 6.92 Å². The van der Waals surface area contributed by atoms with E-state index in [2.05, 4.69) is 12.2 Å². The summed E-state index contributed by atoms with van der Waals surface area (Å²) in [5, 5.41) is 2.82. The Morgan fingerprint density at radius 1 is 1.31 bits per heavy atom. The Balaban J connectivity index is 2.37. The first-order valence-electron chi connectivity index (χ1n) is 5.63. The van der Waals surface area contributed by atoms with Crippen molar-refractivity contribution in [1.82, 2.24) is 5.32 Å². The summed E-state index contributed by atoms with van der Waals surface area (Å²) in [6, 6.07) is 8.82. The van der Waals surface area contributed by atoms with Crippen LogP contribution in [0.15, 0.2) is 30.3 Å². The predicted octanol–water partition coefficient (Wildman–Crippen LogP) is 1.81. The van der Waals surface area contributed by atoms with Gasteiger partial charge < -0.3 is 11.1 Å². The van der Waals surface area contributed by atoms with E-state index in [0.29, 0.717) is 6.54 Å². The van der Waals surface area contributed by atoms with Crippen LogP contribution in [0.1, 0.15) is 30.9 Å². The third-order valence-electron chi connectivity index (χ3n) is 2.42. The maximum Gasteiger partial charge on any atom is 0.241 e. The van der Waals surface area contributed by atoms with Gasteiger partial charge in [0.1, 0.15) is 6.04 Å². The van der Waals surface area contributed by atoms with Crippen molar-refractivity contribution in [3.8, 4) is 0 Å². The summed E-state index contributed by atoms with van der Waals surface area (Å²) in [7, 11) is 0. The Kier molecular flexibility index (Phi) is 5.57. The Hall–Kier alpha value is -1.35. The van der Waals surface area contributed by atoms with Crippen LogP contribution in [0.2, 0.25) is 0 Å². The number of hydrogen-bond donors (Lipinski definition) is 2. The SMILES string of the molecule is [CH2]CCCCNC(=O)C(N)c1ccccc1. The molecule has 0 saturated heterocycles. The molecule has 16 heavy (non-hydrogen) atoms. The summed E-state index contributed by atoms with van der Waals surface area (Å²) >= 11 is 0. The molecule has 3 nitrogen and oxygen atoms in total. The molecular formula is C13H19N2O. The molecule has 1 unspecified atom stereocenters. The van der Waals surface area contributed by atoms with Crippen LogP contribution in [0.5, 0.6) is 0 Å². The lowest BCUT2D eigenvalue weighted by Gasteiger charge is -2.12. The largest absolute Gasteiger partial charge is 0.354 e. The maximum atomic E-state index is 11.7. The van der Waals surface area contributed by atoms with Crippen LogP contribution in [0.4, 0.5) is 0 Å². The Morgan fingerprint density at radius 3 is 2.62 bits per heavy atom. The number of nitrogens with one attached hydrogen (secondary N) is 1. The van der Waals surface area contributed by atoms with Crippen molar-refractivity contribution in [3.05, 3.63) is 42.8 Å². The first kappa shape index (κ1) is 12.7. The van der Waals surface area contributed by atoms with Crippen molar-refractivity contribution in [3.63, 3.8) is 0 Å². The highest BCUT2D eigenvalue weighted by molar-refractivity contribution is 5.82. The minimum Gasteiger partial charge on any atom is -0.354 e. The normalized spacial score (nSPS) is 12.1. The van der Waals surface area contributed by atoms with E-state index in [1.165, 1.54) is 0 Å². The van der Waals surface area contributed by atoms with Gasteiger partial charge in [-0.1, -0.05) is 50.1 Å². The average molecular weight is 219 g/mol. The minimum absolute atomic E-state index is 0.115. The summed E-state index contributed by atoms with van der Waals surface area (Å²) in [6.45, 7) is 4.42. The van der Waals surface area contributed by atoms with E-state index in [4.69, 9.17) is 5.73 Å². The average Bonchev–Trinajstić information content (AvgIpc) is 2.34. The quantitative estimate of drug-likeness (QED) is 0.717. The fourth-order valence-corrected chi connectivity index (χ4v) is 1.44. The second-order valence-corrected chi connectivity index (χ2v) is 3.74. The number of carbonyl (C=O) groups excluding carboxylic acids is 1. The summed E-state index contributed by atoms with van der Waals surface area (Å²) in [5.41, 5.74) is 6.67. The lowest BCUT2D eigenvalue weighted by Crippen LogP contribution is -2.34. The molecule has 0 aliphatic rings.